The number of esters is 1. The summed E-state index contributed by atoms with van der Waals surface area (Å²) < 4.78 is 4.59. The highest BCUT2D eigenvalue weighted by Crippen LogP contribution is 2.22. The Kier molecular flexibility index (Phi) is 5.35. The lowest BCUT2D eigenvalue weighted by Gasteiger charge is -2.06. The molecule has 1 atom stereocenters. The van der Waals surface area contributed by atoms with Crippen molar-refractivity contribution in [1.29, 1.82) is 0 Å². The standard InChI is InChI=1S/C13H18O3S/c1-4-5-9(2)13(15)11-7-6-10(17-11)8-12(14)16-3/h6-7,9H,4-5,8H2,1-3H3. The maximum atomic E-state index is 12.0. The van der Waals surface area contributed by atoms with Crippen LogP contribution < -0.4 is 0 Å². The van der Waals surface area contributed by atoms with E-state index in [-0.39, 0.29) is 24.1 Å². The number of hydrogen-bond acceptors (Lipinski definition) is 4. The lowest BCUT2D eigenvalue weighted by Crippen LogP contribution is -2.09. The fourth-order valence-corrected chi connectivity index (χ4v) is 2.67. The van der Waals surface area contributed by atoms with Crippen LogP contribution in [-0.4, -0.2) is 18.9 Å². The van der Waals surface area contributed by atoms with Crippen LogP contribution in [0.3, 0.4) is 0 Å². The monoisotopic (exact) mass is 254 g/mol. The first-order valence-corrected chi connectivity index (χ1v) is 6.59. The molecule has 0 amide bonds. The lowest BCUT2D eigenvalue weighted by atomic mass is 10.0. The van der Waals surface area contributed by atoms with E-state index in [1.807, 2.05) is 13.0 Å². The van der Waals surface area contributed by atoms with Gasteiger partial charge in [-0.1, -0.05) is 20.3 Å². The second-order valence-corrected chi connectivity index (χ2v) is 5.24. The smallest absolute Gasteiger partial charge is 0.310 e. The molecule has 0 aliphatic carbocycles. The Hall–Kier alpha value is -1.16. The average Bonchev–Trinajstić information content (AvgIpc) is 2.76. The summed E-state index contributed by atoms with van der Waals surface area (Å²) in [5.41, 5.74) is 0. The molecule has 0 aliphatic heterocycles. The molecule has 0 aromatic carbocycles. The van der Waals surface area contributed by atoms with E-state index in [4.69, 9.17) is 0 Å². The molecular formula is C13H18O3S. The number of rotatable bonds is 6. The summed E-state index contributed by atoms with van der Waals surface area (Å²) in [5.74, 6) is -0.0370. The molecule has 0 fully saturated rings. The van der Waals surface area contributed by atoms with Gasteiger partial charge in [0.15, 0.2) is 5.78 Å². The van der Waals surface area contributed by atoms with Crippen molar-refractivity contribution < 1.29 is 14.3 Å². The number of thiophene rings is 1. The largest absolute Gasteiger partial charge is 0.469 e. The molecular weight excluding hydrogens is 236 g/mol. The van der Waals surface area contributed by atoms with E-state index < -0.39 is 0 Å². The molecule has 1 aromatic heterocycles. The van der Waals surface area contributed by atoms with Crippen LogP contribution in [0.1, 0.15) is 41.2 Å². The van der Waals surface area contributed by atoms with Crippen LogP contribution in [0.2, 0.25) is 0 Å². The van der Waals surface area contributed by atoms with Crippen molar-refractivity contribution in [3.63, 3.8) is 0 Å². The molecule has 0 bridgehead atoms. The second-order valence-electron chi connectivity index (χ2n) is 4.07. The summed E-state index contributed by atoms with van der Waals surface area (Å²) in [7, 11) is 1.37. The molecule has 4 heteroatoms. The van der Waals surface area contributed by atoms with Crippen LogP contribution in [-0.2, 0) is 16.0 Å². The maximum absolute atomic E-state index is 12.0. The Balaban J connectivity index is 2.67. The van der Waals surface area contributed by atoms with Gasteiger partial charge >= 0.3 is 5.97 Å². The van der Waals surface area contributed by atoms with Gasteiger partial charge in [-0.2, -0.15) is 0 Å². The zero-order chi connectivity index (χ0) is 12.8. The van der Waals surface area contributed by atoms with E-state index in [0.717, 1.165) is 22.6 Å². The van der Waals surface area contributed by atoms with Crippen LogP contribution in [0.5, 0.6) is 0 Å². The van der Waals surface area contributed by atoms with Gasteiger partial charge in [0.25, 0.3) is 0 Å². The predicted octanol–water partition coefficient (Wildman–Crippen LogP) is 3.08. The summed E-state index contributed by atoms with van der Waals surface area (Å²) in [6.07, 6.45) is 2.16. The number of Topliss-reactive ketones (excluding diaryl/α,β-unsaturated/α-hetero) is 1. The van der Waals surface area contributed by atoms with Crippen molar-refractivity contribution in [2.75, 3.05) is 7.11 Å². The topological polar surface area (TPSA) is 43.4 Å². The molecule has 0 radical (unpaired) electrons. The number of ether oxygens (including phenoxy) is 1. The summed E-state index contributed by atoms with van der Waals surface area (Å²) in [4.78, 5) is 24.7. The Morgan fingerprint density at radius 1 is 1.41 bits per heavy atom. The highest BCUT2D eigenvalue weighted by atomic mass is 32.1. The van der Waals surface area contributed by atoms with Gasteiger partial charge in [-0.3, -0.25) is 9.59 Å². The van der Waals surface area contributed by atoms with Gasteiger partial charge in [-0.25, -0.2) is 0 Å². The molecule has 1 rings (SSSR count). The zero-order valence-corrected chi connectivity index (χ0v) is 11.3. The van der Waals surface area contributed by atoms with E-state index in [1.54, 1.807) is 6.07 Å². The fourth-order valence-electron chi connectivity index (χ4n) is 1.63. The van der Waals surface area contributed by atoms with Crippen molar-refractivity contribution in [3.8, 4) is 0 Å². The molecule has 1 unspecified atom stereocenters. The fraction of sp³-hybridized carbons (Fsp3) is 0.538. The van der Waals surface area contributed by atoms with Gasteiger partial charge in [-0.05, 0) is 18.6 Å². The minimum atomic E-state index is -0.271. The van der Waals surface area contributed by atoms with Crippen LogP contribution in [0.25, 0.3) is 0 Å². The molecule has 0 N–H and O–H groups in total. The van der Waals surface area contributed by atoms with E-state index in [9.17, 15) is 9.59 Å². The second kappa shape index (κ2) is 6.55. The van der Waals surface area contributed by atoms with Crippen LogP contribution in [0.15, 0.2) is 12.1 Å². The van der Waals surface area contributed by atoms with Crippen molar-refractivity contribution >= 4 is 23.1 Å². The molecule has 17 heavy (non-hydrogen) atoms. The van der Waals surface area contributed by atoms with Crippen molar-refractivity contribution in [1.82, 2.24) is 0 Å². The third-order valence-electron chi connectivity index (χ3n) is 2.62. The zero-order valence-electron chi connectivity index (χ0n) is 10.5. The van der Waals surface area contributed by atoms with Gasteiger partial charge in [0, 0.05) is 10.8 Å². The number of hydrogen-bond donors (Lipinski definition) is 0. The van der Waals surface area contributed by atoms with Gasteiger partial charge in [0.2, 0.25) is 0 Å². The molecule has 0 aliphatic rings. The lowest BCUT2D eigenvalue weighted by molar-refractivity contribution is -0.139. The summed E-state index contributed by atoms with van der Waals surface area (Å²) in [5, 5.41) is 0. The van der Waals surface area contributed by atoms with E-state index in [0.29, 0.717) is 0 Å². The van der Waals surface area contributed by atoms with Gasteiger partial charge in [0.05, 0.1) is 18.4 Å². The number of methoxy groups -OCH3 is 1. The number of ketones is 1. The van der Waals surface area contributed by atoms with Crippen molar-refractivity contribution in [3.05, 3.63) is 21.9 Å². The predicted molar refractivity (Wildman–Crippen MR) is 68.4 cm³/mol. The average molecular weight is 254 g/mol. The van der Waals surface area contributed by atoms with Crippen LogP contribution in [0.4, 0.5) is 0 Å². The maximum Gasteiger partial charge on any atom is 0.310 e. The highest BCUT2D eigenvalue weighted by Gasteiger charge is 2.17. The van der Waals surface area contributed by atoms with Gasteiger partial charge in [-0.15, -0.1) is 11.3 Å². The number of carbonyl (C=O) groups is 2. The van der Waals surface area contributed by atoms with Gasteiger partial charge < -0.3 is 4.74 Å². The SMILES string of the molecule is CCCC(C)C(=O)c1ccc(CC(=O)OC)s1. The number of carbonyl (C=O) groups excluding carboxylic acids is 2. The Labute approximate surface area is 106 Å². The van der Waals surface area contributed by atoms with Gasteiger partial charge in [0.1, 0.15) is 0 Å². The molecule has 94 valence electrons. The minimum absolute atomic E-state index is 0.0598. The Morgan fingerprint density at radius 3 is 2.71 bits per heavy atom. The van der Waals surface area contributed by atoms with E-state index in [1.165, 1.54) is 18.4 Å². The first-order valence-electron chi connectivity index (χ1n) is 5.78. The molecule has 1 aromatic rings. The van der Waals surface area contributed by atoms with E-state index in [2.05, 4.69) is 11.7 Å². The summed E-state index contributed by atoms with van der Waals surface area (Å²) in [6.45, 7) is 4.02. The Bertz CT molecular complexity index is 395. The molecule has 0 saturated heterocycles. The highest BCUT2D eigenvalue weighted by molar-refractivity contribution is 7.14. The summed E-state index contributed by atoms with van der Waals surface area (Å²) >= 11 is 1.39. The van der Waals surface area contributed by atoms with Crippen LogP contribution >= 0.6 is 11.3 Å². The third kappa shape index (κ3) is 3.97. The minimum Gasteiger partial charge on any atom is -0.469 e. The molecule has 3 nitrogen and oxygen atoms in total. The van der Waals surface area contributed by atoms with E-state index >= 15 is 0 Å². The quantitative estimate of drug-likeness (QED) is 0.579. The third-order valence-corrected chi connectivity index (χ3v) is 3.72. The Morgan fingerprint density at radius 2 is 2.12 bits per heavy atom. The molecule has 0 saturated carbocycles. The molecule has 1 heterocycles. The van der Waals surface area contributed by atoms with Crippen molar-refractivity contribution in [2.45, 2.75) is 33.1 Å². The summed E-state index contributed by atoms with van der Waals surface area (Å²) in [6, 6.07) is 3.63. The molecule has 0 spiro atoms. The van der Waals surface area contributed by atoms with Crippen molar-refractivity contribution in [2.24, 2.45) is 5.92 Å². The normalized spacial score (nSPS) is 12.2. The first-order chi connectivity index (χ1) is 8.08. The first kappa shape index (κ1) is 13.9. The van der Waals surface area contributed by atoms with Crippen LogP contribution in [0, 0.1) is 5.92 Å².